The van der Waals surface area contributed by atoms with Crippen molar-refractivity contribution in [2.45, 2.75) is 25.9 Å². The van der Waals surface area contributed by atoms with Crippen LogP contribution in [0.25, 0.3) is 0 Å². The summed E-state index contributed by atoms with van der Waals surface area (Å²) < 4.78 is 0. The van der Waals surface area contributed by atoms with Gasteiger partial charge in [0, 0.05) is 5.56 Å². The van der Waals surface area contributed by atoms with Crippen molar-refractivity contribution in [2.24, 2.45) is 0 Å². The van der Waals surface area contributed by atoms with Crippen molar-refractivity contribution >= 4 is 6.29 Å². The Morgan fingerprint density at radius 3 is 2.46 bits per heavy atom. The van der Waals surface area contributed by atoms with Crippen LogP contribution in [0, 0.1) is 0 Å². The molecule has 0 amide bonds. The molecule has 2 nitrogen and oxygen atoms in total. The van der Waals surface area contributed by atoms with Gasteiger partial charge in [0.25, 0.3) is 0 Å². The number of carbonyl (C=O) groups is 1. The third-order valence-corrected chi connectivity index (χ3v) is 2.06. The third-order valence-electron chi connectivity index (χ3n) is 2.06. The van der Waals surface area contributed by atoms with E-state index in [1.54, 1.807) is 12.1 Å². The number of carbonyl (C=O) groups excluding carboxylic acids is 1. The van der Waals surface area contributed by atoms with E-state index in [4.69, 9.17) is 0 Å². The largest absolute Gasteiger partial charge is 0.393 e. The first kappa shape index (κ1) is 9.93. The molecule has 1 rings (SSSR count). The average Bonchev–Trinajstić information content (AvgIpc) is 2.19. The second kappa shape index (κ2) is 4.77. The van der Waals surface area contributed by atoms with Crippen LogP contribution in [0.15, 0.2) is 24.3 Å². The Hall–Kier alpha value is -1.15. The van der Waals surface area contributed by atoms with Gasteiger partial charge in [0.2, 0.25) is 0 Å². The Morgan fingerprint density at radius 1 is 1.38 bits per heavy atom. The van der Waals surface area contributed by atoms with Gasteiger partial charge in [-0.2, -0.15) is 0 Å². The predicted molar refractivity (Wildman–Crippen MR) is 51.8 cm³/mol. The minimum Gasteiger partial charge on any atom is -0.393 e. The quantitative estimate of drug-likeness (QED) is 0.714. The van der Waals surface area contributed by atoms with E-state index in [9.17, 15) is 9.90 Å². The lowest BCUT2D eigenvalue weighted by Crippen LogP contribution is -2.08. The summed E-state index contributed by atoms with van der Waals surface area (Å²) in [6, 6.07) is 7.29. The summed E-state index contributed by atoms with van der Waals surface area (Å²) in [6.45, 7) is 1.95. The molecule has 1 N–H and O–H groups in total. The summed E-state index contributed by atoms with van der Waals surface area (Å²) in [5, 5.41) is 9.37. The molecule has 0 heterocycles. The van der Waals surface area contributed by atoms with E-state index in [0.717, 1.165) is 18.3 Å². The maximum Gasteiger partial charge on any atom is 0.150 e. The van der Waals surface area contributed by atoms with Crippen molar-refractivity contribution in [1.29, 1.82) is 0 Å². The predicted octanol–water partition coefficient (Wildman–Crippen LogP) is 1.81. The van der Waals surface area contributed by atoms with Crippen molar-refractivity contribution < 1.29 is 9.90 Å². The van der Waals surface area contributed by atoms with Crippen LogP contribution in [-0.4, -0.2) is 17.5 Å². The minimum absolute atomic E-state index is 0.276. The number of hydrogen-bond acceptors (Lipinski definition) is 2. The van der Waals surface area contributed by atoms with Crippen LogP contribution in [0.5, 0.6) is 0 Å². The summed E-state index contributed by atoms with van der Waals surface area (Å²) in [5.74, 6) is 0. The summed E-state index contributed by atoms with van der Waals surface area (Å²) in [4.78, 5) is 10.3. The first-order valence-electron chi connectivity index (χ1n) is 4.48. The van der Waals surface area contributed by atoms with Gasteiger partial charge < -0.3 is 5.11 Å². The molecule has 0 saturated carbocycles. The van der Waals surface area contributed by atoms with Gasteiger partial charge in [0.15, 0.2) is 0 Å². The van der Waals surface area contributed by atoms with Crippen LogP contribution < -0.4 is 0 Å². The third kappa shape index (κ3) is 2.99. The van der Waals surface area contributed by atoms with Gasteiger partial charge in [-0.05, 0) is 18.4 Å². The molecule has 0 spiro atoms. The van der Waals surface area contributed by atoms with Crippen molar-refractivity contribution in [1.82, 2.24) is 0 Å². The van der Waals surface area contributed by atoms with Gasteiger partial charge in [-0.15, -0.1) is 0 Å². The Kier molecular flexibility index (Phi) is 3.65. The topological polar surface area (TPSA) is 37.3 Å². The van der Waals surface area contributed by atoms with Gasteiger partial charge in [-0.3, -0.25) is 4.79 Å². The van der Waals surface area contributed by atoms with Gasteiger partial charge in [0.1, 0.15) is 6.29 Å². The maximum atomic E-state index is 10.3. The Morgan fingerprint density at radius 2 is 2.00 bits per heavy atom. The molecule has 1 atom stereocenters. The molecule has 0 aliphatic carbocycles. The number of rotatable bonds is 4. The lowest BCUT2D eigenvalue weighted by Gasteiger charge is -2.06. The second-order valence-corrected chi connectivity index (χ2v) is 3.13. The minimum atomic E-state index is -0.276. The zero-order chi connectivity index (χ0) is 9.68. The van der Waals surface area contributed by atoms with Crippen LogP contribution in [0.3, 0.4) is 0 Å². The molecule has 0 radical (unpaired) electrons. The zero-order valence-electron chi connectivity index (χ0n) is 7.73. The van der Waals surface area contributed by atoms with E-state index >= 15 is 0 Å². The summed E-state index contributed by atoms with van der Waals surface area (Å²) in [5.41, 5.74) is 1.75. The highest BCUT2D eigenvalue weighted by molar-refractivity contribution is 5.74. The van der Waals surface area contributed by atoms with E-state index in [0.29, 0.717) is 12.0 Å². The van der Waals surface area contributed by atoms with Crippen LogP contribution in [0.1, 0.15) is 29.3 Å². The van der Waals surface area contributed by atoms with Crippen molar-refractivity contribution in [3.8, 4) is 0 Å². The molecule has 0 bridgehead atoms. The molecule has 0 aliphatic rings. The standard InChI is InChI=1S/C11H14O2/c1-2-11(13)7-9-3-5-10(8-12)6-4-9/h3-6,8,11,13H,2,7H2,1H3. The first-order valence-corrected chi connectivity index (χ1v) is 4.48. The van der Waals surface area contributed by atoms with Gasteiger partial charge >= 0.3 is 0 Å². The molecule has 0 saturated heterocycles. The van der Waals surface area contributed by atoms with Gasteiger partial charge in [-0.1, -0.05) is 31.2 Å². The van der Waals surface area contributed by atoms with E-state index < -0.39 is 0 Å². The van der Waals surface area contributed by atoms with Crippen LogP contribution in [0.4, 0.5) is 0 Å². The Labute approximate surface area is 78.2 Å². The number of aliphatic hydroxyl groups excluding tert-OH is 1. The number of aldehydes is 1. The fourth-order valence-corrected chi connectivity index (χ4v) is 1.15. The molecule has 0 aliphatic heterocycles. The first-order chi connectivity index (χ1) is 6.26. The molecular formula is C11H14O2. The number of benzene rings is 1. The zero-order valence-corrected chi connectivity index (χ0v) is 7.73. The molecular weight excluding hydrogens is 164 g/mol. The summed E-state index contributed by atoms with van der Waals surface area (Å²) in [6.07, 6.45) is 1.97. The average molecular weight is 178 g/mol. The Balaban J connectivity index is 2.63. The highest BCUT2D eigenvalue weighted by Gasteiger charge is 2.01. The van der Waals surface area contributed by atoms with E-state index in [2.05, 4.69) is 0 Å². The van der Waals surface area contributed by atoms with Gasteiger partial charge in [-0.25, -0.2) is 0 Å². The number of hydrogen-bond donors (Lipinski definition) is 1. The SMILES string of the molecule is CCC(O)Cc1ccc(C=O)cc1. The van der Waals surface area contributed by atoms with E-state index in [1.165, 1.54) is 0 Å². The highest BCUT2D eigenvalue weighted by atomic mass is 16.3. The molecule has 70 valence electrons. The molecule has 0 fully saturated rings. The van der Waals surface area contributed by atoms with Crippen LogP contribution in [-0.2, 0) is 6.42 Å². The summed E-state index contributed by atoms with van der Waals surface area (Å²) >= 11 is 0. The molecule has 2 heteroatoms. The summed E-state index contributed by atoms with van der Waals surface area (Å²) in [7, 11) is 0. The van der Waals surface area contributed by atoms with Crippen LogP contribution >= 0.6 is 0 Å². The maximum absolute atomic E-state index is 10.3. The smallest absolute Gasteiger partial charge is 0.150 e. The number of aliphatic hydroxyl groups is 1. The van der Waals surface area contributed by atoms with Crippen LogP contribution in [0.2, 0.25) is 0 Å². The van der Waals surface area contributed by atoms with Crippen molar-refractivity contribution in [3.05, 3.63) is 35.4 Å². The lowest BCUT2D eigenvalue weighted by atomic mass is 10.1. The monoisotopic (exact) mass is 178 g/mol. The molecule has 1 unspecified atom stereocenters. The second-order valence-electron chi connectivity index (χ2n) is 3.13. The molecule has 0 aromatic heterocycles. The van der Waals surface area contributed by atoms with E-state index in [1.807, 2.05) is 19.1 Å². The molecule has 1 aromatic carbocycles. The highest BCUT2D eigenvalue weighted by Crippen LogP contribution is 2.07. The van der Waals surface area contributed by atoms with Crippen molar-refractivity contribution in [3.63, 3.8) is 0 Å². The fraction of sp³-hybridized carbons (Fsp3) is 0.364. The fourth-order valence-electron chi connectivity index (χ4n) is 1.15. The van der Waals surface area contributed by atoms with E-state index in [-0.39, 0.29) is 6.10 Å². The normalized spacial score (nSPS) is 12.5. The van der Waals surface area contributed by atoms with Crippen molar-refractivity contribution in [2.75, 3.05) is 0 Å². The molecule has 13 heavy (non-hydrogen) atoms. The lowest BCUT2D eigenvalue weighted by molar-refractivity contribution is 0.112. The molecule has 1 aromatic rings. The van der Waals surface area contributed by atoms with Gasteiger partial charge in [0.05, 0.1) is 6.10 Å². The Bertz CT molecular complexity index is 264.